The zero-order valence-corrected chi connectivity index (χ0v) is 22.6. The van der Waals surface area contributed by atoms with Crippen molar-refractivity contribution in [1.29, 1.82) is 0 Å². The number of aromatic amines is 1. The first-order valence-corrected chi connectivity index (χ1v) is 15.3. The summed E-state index contributed by atoms with van der Waals surface area (Å²) in [5, 5.41) is 12.2. The average molecular weight is 501 g/mol. The van der Waals surface area contributed by atoms with E-state index in [-0.39, 0.29) is 11.7 Å². The number of hydrogen-bond donors (Lipinski definition) is 1. The summed E-state index contributed by atoms with van der Waals surface area (Å²) in [6, 6.07) is 0. The lowest BCUT2D eigenvalue weighted by Gasteiger charge is -2.09. The fourth-order valence-corrected chi connectivity index (χ4v) is 6.07. The Morgan fingerprint density at radius 2 is 1.39 bits per heavy atom. The highest BCUT2D eigenvalue weighted by Crippen LogP contribution is 2.25. The molecule has 0 aliphatic rings. The van der Waals surface area contributed by atoms with Crippen LogP contribution in [0.2, 0.25) is 5.02 Å². The molecule has 0 saturated carbocycles. The molecular formula is C25H45ClN4O2S. The molecule has 0 aromatic carbocycles. The first-order valence-electron chi connectivity index (χ1n) is 13.1. The van der Waals surface area contributed by atoms with Gasteiger partial charge in [0.25, 0.3) is 0 Å². The van der Waals surface area contributed by atoms with Gasteiger partial charge in [-0.25, -0.2) is 8.42 Å². The van der Waals surface area contributed by atoms with Crippen LogP contribution in [-0.2, 0) is 9.84 Å². The van der Waals surface area contributed by atoms with Crippen molar-refractivity contribution in [2.75, 3.05) is 11.5 Å². The minimum Gasteiger partial charge on any atom is -0.258 e. The molecule has 0 saturated heterocycles. The number of hydrogen-bond acceptors (Lipinski definition) is 4. The van der Waals surface area contributed by atoms with Crippen LogP contribution in [0.3, 0.4) is 0 Å². The maximum atomic E-state index is 12.5. The number of nitrogens with zero attached hydrogens (tertiary/aromatic N) is 3. The summed E-state index contributed by atoms with van der Waals surface area (Å²) < 4.78 is 26.6. The van der Waals surface area contributed by atoms with E-state index in [0.717, 1.165) is 30.8 Å². The van der Waals surface area contributed by atoms with Crippen molar-refractivity contribution in [3.63, 3.8) is 0 Å². The predicted molar refractivity (Wildman–Crippen MR) is 139 cm³/mol. The number of sulfone groups is 1. The second-order valence-electron chi connectivity index (χ2n) is 9.68. The van der Waals surface area contributed by atoms with E-state index in [1.165, 1.54) is 70.6 Å². The molecule has 2 rings (SSSR count). The molecule has 0 bridgehead atoms. The van der Waals surface area contributed by atoms with Crippen LogP contribution in [0.4, 0.5) is 0 Å². The fourth-order valence-electron chi connectivity index (χ4n) is 4.35. The Kier molecular flexibility index (Phi) is 12.8. The van der Waals surface area contributed by atoms with E-state index in [0.29, 0.717) is 22.8 Å². The van der Waals surface area contributed by atoms with Gasteiger partial charge in [-0.15, -0.1) is 0 Å². The monoisotopic (exact) mass is 500 g/mol. The molecule has 2 heterocycles. The Bertz CT molecular complexity index is 907. The number of aryl methyl sites for hydroxylation is 1. The van der Waals surface area contributed by atoms with Crippen molar-refractivity contribution >= 4 is 27.1 Å². The Labute approximate surface area is 206 Å². The molecule has 1 atom stereocenters. The summed E-state index contributed by atoms with van der Waals surface area (Å²) in [5.41, 5.74) is 1.41. The second kappa shape index (κ2) is 15.0. The topological polar surface area (TPSA) is 80.1 Å². The van der Waals surface area contributed by atoms with E-state index in [2.05, 4.69) is 22.2 Å². The maximum Gasteiger partial charge on any atom is 0.170 e. The van der Waals surface area contributed by atoms with Crippen molar-refractivity contribution in [2.45, 2.75) is 123 Å². The summed E-state index contributed by atoms with van der Waals surface area (Å²) in [6.45, 7) is 6.10. The molecular weight excluding hydrogens is 456 g/mol. The molecule has 0 spiro atoms. The van der Waals surface area contributed by atoms with Crippen LogP contribution in [0.15, 0.2) is 0 Å². The third-order valence-corrected chi connectivity index (χ3v) is 8.81. The summed E-state index contributed by atoms with van der Waals surface area (Å²) in [5.74, 6) is 1.20. The summed E-state index contributed by atoms with van der Waals surface area (Å²) >= 11 is 6.21. The van der Waals surface area contributed by atoms with Gasteiger partial charge in [0.2, 0.25) is 0 Å². The molecule has 2 aromatic heterocycles. The summed E-state index contributed by atoms with van der Waals surface area (Å²) in [4.78, 5) is 0. The summed E-state index contributed by atoms with van der Waals surface area (Å²) in [6.07, 6.45) is 18.3. The van der Waals surface area contributed by atoms with E-state index in [9.17, 15) is 8.42 Å². The fraction of sp³-hybridized carbons (Fsp3) is 0.840. The average Bonchev–Trinajstić information content (AvgIpc) is 3.32. The highest BCUT2D eigenvalue weighted by atomic mass is 35.5. The number of H-pyrrole nitrogens is 1. The summed E-state index contributed by atoms with van der Waals surface area (Å²) in [7, 11) is -3.03. The van der Waals surface area contributed by atoms with Gasteiger partial charge in [-0.3, -0.25) is 5.10 Å². The van der Waals surface area contributed by atoms with Gasteiger partial charge in [-0.2, -0.15) is 14.7 Å². The molecule has 0 aliphatic heterocycles. The third-order valence-electron chi connectivity index (χ3n) is 6.59. The molecule has 0 amide bonds. The maximum absolute atomic E-state index is 12.5. The van der Waals surface area contributed by atoms with E-state index in [4.69, 9.17) is 11.6 Å². The van der Waals surface area contributed by atoms with Crippen LogP contribution in [0.1, 0.15) is 128 Å². The smallest absolute Gasteiger partial charge is 0.170 e. The highest BCUT2D eigenvalue weighted by molar-refractivity contribution is 7.91. The number of unbranched alkanes of at least 4 members (excludes halogenated alkanes) is 13. The lowest BCUT2D eigenvalue weighted by Crippen LogP contribution is -2.14. The Balaban J connectivity index is 1.51. The predicted octanol–water partition coefficient (Wildman–Crippen LogP) is 7.41. The van der Waals surface area contributed by atoms with Crippen LogP contribution in [0.5, 0.6) is 0 Å². The van der Waals surface area contributed by atoms with Gasteiger partial charge in [0.05, 0.1) is 17.2 Å². The molecule has 33 heavy (non-hydrogen) atoms. The van der Waals surface area contributed by atoms with Gasteiger partial charge >= 0.3 is 0 Å². The number of nitrogens with one attached hydrogen (secondary N) is 1. The van der Waals surface area contributed by atoms with Gasteiger partial charge < -0.3 is 0 Å². The van der Waals surface area contributed by atoms with Crippen molar-refractivity contribution in [3.8, 4) is 0 Å². The van der Waals surface area contributed by atoms with Crippen molar-refractivity contribution in [1.82, 2.24) is 19.8 Å². The van der Waals surface area contributed by atoms with E-state index < -0.39 is 9.84 Å². The molecule has 6 nitrogen and oxygen atoms in total. The minimum absolute atomic E-state index is 0.0137. The number of aromatic nitrogens is 4. The Morgan fingerprint density at radius 3 is 1.94 bits per heavy atom. The molecule has 8 heteroatoms. The minimum atomic E-state index is -3.03. The van der Waals surface area contributed by atoms with E-state index in [1.54, 1.807) is 4.52 Å². The van der Waals surface area contributed by atoms with Crippen LogP contribution in [-0.4, -0.2) is 39.7 Å². The van der Waals surface area contributed by atoms with Gasteiger partial charge in [0.1, 0.15) is 14.9 Å². The number of fused-ring (bicyclic) bond motifs is 1. The molecule has 190 valence electrons. The lowest BCUT2D eigenvalue weighted by atomic mass is 10.0. The third kappa shape index (κ3) is 9.97. The Hall–Kier alpha value is -1.08. The normalized spacial score (nSPS) is 13.2. The van der Waals surface area contributed by atoms with Crippen molar-refractivity contribution in [2.24, 2.45) is 0 Å². The van der Waals surface area contributed by atoms with Crippen LogP contribution >= 0.6 is 11.6 Å². The van der Waals surface area contributed by atoms with Crippen LogP contribution in [0, 0.1) is 6.92 Å². The Morgan fingerprint density at radius 1 is 0.879 bits per heavy atom. The lowest BCUT2D eigenvalue weighted by molar-refractivity contribution is 0.536. The molecule has 0 fully saturated rings. The molecule has 2 aromatic rings. The van der Waals surface area contributed by atoms with Gasteiger partial charge in [0, 0.05) is 5.92 Å². The largest absolute Gasteiger partial charge is 0.258 e. The van der Waals surface area contributed by atoms with E-state index in [1.807, 2.05) is 13.8 Å². The van der Waals surface area contributed by atoms with E-state index >= 15 is 0 Å². The zero-order chi connectivity index (χ0) is 24.1. The zero-order valence-electron chi connectivity index (χ0n) is 21.0. The molecule has 1 N–H and O–H groups in total. The first kappa shape index (κ1) is 28.2. The number of halogens is 1. The van der Waals surface area contributed by atoms with Gasteiger partial charge in [-0.1, -0.05) is 109 Å². The first-order chi connectivity index (χ1) is 15.9. The SMILES string of the molecule is CCCCCCCCCCCCCCCCS(=O)(=O)CCC(C)c1n[nH]c2c(Cl)c(C)nn12. The molecule has 0 aliphatic carbocycles. The van der Waals surface area contributed by atoms with Crippen molar-refractivity contribution < 1.29 is 8.42 Å². The molecule has 1 unspecified atom stereocenters. The van der Waals surface area contributed by atoms with Gasteiger partial charge in [-0.05, 0) is 19.8 Å². The van der Waals surface area contributed by atoms with Gasteiger partial charge in [0.15, 0.2) is 11.5 Å². The number of rotatable bonds is 19. The van der Waals surface area contributed by atoms with Crippen LogP contribution in [0.25, 0.3) is 5.65 Å². The molecule has 0 radical (unpaired) electrons. The quantitative estimate of drug-likeness (QED) is 0.203. The standard InChI is InChI=1S/C25H45ClN4O2S/c1-4-5-6-7-8-9-10-11-12-13-14-15-16-17-19-33(31,32)20-18-21(2)24-27-28-25-23(26)22(3)29-30(24)25/h21,28H,4-20H2,1-3H3. The highest BCUT2D eigenvalue weighted by Gasteiger charge is 2.20. The van der Waals surface area contributed by atoms with Crippen molar-refractivity contribution in [3.05, 3.63) is 16.5 Å². The van der Waals surface area contributed by atoms with Crippen LogP contribution < -0.4 is 0 Å². The second-order valence-corrected chi connectivity index (χ2v) is 12.4.